The van der Waals surface area contributed by atoms with Crippen LogP contribution >= 0.6 is 11.6 Å². The third kappa shape index (κ3) is 2.96. The largest absolute Gasteiger partial charge is 0.469 e. The lowest BCUT2D eigenvalue weighted by molar-refractivity contribution is -0.152. The van der Waals surface area contributed by atoms with E-state index in [9.17, 15) is 9.18 Å². The zero-order valence-electron chi connectivity index (χ0n) is 9.96. The van der Waals surface area contributed by atoms with E-state index in [-0.39, 0.29) is 5.02 Å². The van der Waals surface area contributed by atoms with Crippen molar-refractivity contribution < 1.29 is 13.9 Å². The number of esters is 1. The summed E-state index contributed by atoms with van der Waals surface area (Å²) in [5.41, 5.74) is 5.47. The molecule has 0 amide bonds. The third-order valence-electron chi connectivity index (χ3n) is 2.73. The van der Waals surface area contributed by atoms with Gasteiger partial charge >= 0.3 is 5.97 Å². The first kappa shape index (κ1) is 13.9. The zero-order chi connectivity index (χ0) is 13.2. The van der Waals surface area contributed by atoms with Gasteiger partial charge < -0.3 is 10.5 Å². The van der Waals surface area contributed by atoms with Gasteiger partial charge in [0.05, 0.1) is 12.5 Å². The van der Waals surface area contributed by atoms with Crippen molar-refractivity contribution in [3.63, 3.8) is 0 Å². The maximum atomic E-state index is 13.2. The molecule has 0 aliphatic carbocycles. The molecule has 1 aromatic rings. The summed E-state index contributed by atoms with van der Waals surface area (Å²) < 4.78 is 17.9. The van der Waals surface area contributed by atoms with Crippen molar-refractivity contribution in [1.82, 2.24) is 0 Å². The molecule has 1 rings (SSSR count). The number of carbonyl (C=O) groups is 1. The molecule has 17 heavy (non-hydrogen) atoms. The number of benzene rings is 1. The van der Waals surface area contributed by atoms with E-state index < -0.39 is 23.2 Å². The van der Waals surface area contributed by atoms with Crippen LogP contribution in [0.5, 0.6) is 0 Å². The van der Waals surface area contributed by atoms with Crippen molar-refractivity contribution in [3.05, 3.63) is 34.6 Å². The molecule has 0 unspecified atom stereocenters. The fourth-order valence-corrected chi connectivity index (χ4v) is 1.79. The molecule has 0 saturated heterocycles. The summed E-state index contributed by atoms with van der Waals surface area (Å²) in [5.74, 6) is -0.936. The van der Waals surface area contributed by atoms with Crippen LogP contribution in [0.4, 0.5) is 4.39 Å². The van der Waals surface area contributed by atoms with Gasteiger partial charge in [-0.3, -0.25) is 4.79 Å². The van der Waals surface area contributed by atoms with Gasteiger partial charge in [0.2, 0.25) is 0 Å². The number of hydrogen-bond acceptors (Lipinski definition) is 3. The van der Waals surface area contributed by atoms with Crippen LogP contribution in [0.3, 0.4) is 0 Å². The lowest BCUT2D eigenvalue weighted by Gasteiger charge is -2.29. The summed E-state index contributed by atoms with van der Waals surface area (Å²) in [6.45, 7) is 3.28. The van der Waals surface area contributed by atoms with Crippen molar-refractivity contribution in [3.8, 4) is 0 Å². The number of methoxy groups -OCH3 is 1. The molecule has 94 valence electrons. The average molecular weight is 260 g/mol. The SMILES string of the molecule is COC(=O)C(C)(C)[C@H](N)c1cc(F)cc(Cl)c1. The molecule has 0 fully saturated rings. The van der Waals surface area contributed by atoms with Crippen LogP contribution in [0, 0.1) is 11.2 Å². The molecule has 1 aromatic carbocycles. The van der Waals surface area contributed by atoms with Crippen LogP contribution in [-0.2, 0) is 9.53 Å². The van der Waals surface area contributed by atoms with E-state index >= 15 is 0 Å². The highest BCUT2D eigenvalue weighted by Gasteiger charge is 2.36. The second-order valence-corrected chi connectivity index (χ2v) is 4.83. The van der Waals surface area contributed by atoms with Gasteiger partial charge in [0.25, 0.3) is 0 Å². The van der Waals surface area contributed by atoms with Crippen molar-refractivity contribution in [1.29, 1.82) is 0 Å². The van der Waals surface area contributed by atoms with Crippen LogP contribution in [0.15, 0.2) is 18.2 Å². The quantitative estimate of drug-likeness (QED) is 0.849. The Kier molecular flexibility index (Phi) is 4.11. The Balaban J connectivity index is 3.11. The Morgan fingerprint density at radius 2 is 2.06 bits per heavy atom. The third-order valence-corrected chi connectivity index (χ3v) is 2.95. The molecule has 1 atom stereocenters. The van der Waals surface area contributed by atoms with Crippen molar-refractivity contribution in [2.75, 3.05) is 7.11 Å². The molecule has 0 radical (unpaired) electrons. The fourth-order valence-electron chi connectivity index (χ4n) is 1.56. The molecule has 0 aliphatic rings. The molecule has 5 heteroatoms. The smallest absolute Gasteiger partial charge is 0.313 e. The molecular formula is C12H15ClFNO2. The minimum atomic E-state index is -0.953. The van der Waals surface area contributed by atoms with Gasteiger partial charge in [-0.1, -0.05) is 11.6 Å². The predicted octanol–water partition coefficient (Wildman–Crippen LogP) is 2.68. The molecule has 0 saturated carbocycles. The van der Waals surface area contributed by atoms with E-state index in [4.69, 9.17) is 17.3 Å². The van der Waals surface area contributed by atoms with Gasteiger partial charge in [-0.05, 0) is 37.6 Å². The Labute approximate surface area is 105 Å². The van der Waals surface area contributed by atoms with Gasteiger partial charge in [-0.2, -0.15) is 0 Å². The van der Waals surface area contributed by atoms with Crippen molar-refractivity contribution in [2.45, 2.75) is 19.9 Å². The number of rotatable bonds is 3. The van der Waals surface area contributed by atoms with Crippen LogP contribution in [-0.4, -0.2) is 13.1 Å². The van der Waals surface area contributed by atoms with E-state index in [0.717, 1.165) is 0 Å². The van der Waals surface area contributed by atoms with E-state index in [1.807, 2.05) is 0 Å². The van der Waals surface area contributed by atoms with Crippen LogP contribution < -0.4 is 5.73 Å². The Hall–Kier alpha value is -1.13. The normalized spacial score (nSPS) is 13.3. The summed E-state index contributed by atoms with van der Waals surface area (Å²) in [5, 5.41) is 0.246. The second kappa shape index (κ2) is 5.02. The molecule has 0 heterocycles. The summed E-state index contributed by atoms with van der Waals surface area (Å²) in [4.78, 5) is 11.6. The molecule has 2 N–H and O–H groups in total. The lowest BCUT2D eigenvalue weighted by atomic mass is 9.81. The average Bonchev–Trinajstić information content (AvgIpc) is 2.25. The number of halogens is 2. The lowest BCUT2D eigenvalue weighted by Crippen LogP contribution is -2.37. The molecule has 0 aromatic heterocycles. The molecule has 0 bridgehead atoms. The van der Waals surface area contributed by atoms with Crippen LogP contribution in [0.25, 0.3) is 0 Å². The minimum Gasteiger partial charge on any atom is -0.469 e. The summed E-state index contributed by atoms with van der Waals surface area (Å²) >= 11 is 5.75. The highest BCUT2D eigenvalue weighted by Crippen LogP contribution is 2.33. The van der Waals surface area contributed by atoms with E-state index in [1.165, 1.54) is 19.2 Å². The highest BCUT2D eigenvalue weighted by atomic mass is 35.5. The first-order valence-electron chi connectivity index (χ1n) is 5.09. The van der Waals surface area contributed by atoms with Gasteiger partial charge in [-0.15, -0.1) is 0 Å². The Morgan fingerprint density at radius 3 is 2.53 bits per heavy atom. The molecule has 0 spiro atoms. The van der Waals surface area contributed by atoms with Gasteiger partial charge in [0, 0.05) is 11.1 Å². The number of ether oxygens (including phenoxy) is 1. The first-order valence-corrected chi connectivity index (χ1v) is 5.47. The summed E-state index contributed by atoms with van der Waals surface area (Å²) in [6, 6.07) is 3.30. The molecule has 3 nitrogen and oxygen atoms in total. The number of nitrogens with two attached hydrogens (primary N) is 1. The van der Waals surface area contributed by atoms with Gasteiger partial charge in [0.15, 0.2) is 0 Å². The second-order valence-electron chi connectivity index (χ2n) is 4.39. The van der Waals surface area contributed by atoms with Crippen LogP contribution in [0.2, 0.25) is 5.02 Å². The van der Waals surface area contributed by atoms with E-state index in [1.54, 1.807) is 19.9 Å². The maximum Gasteiger partial charge on any atom is 0.313 e. The predicted molar refractivity (Wildman–Crippen MR) is 64.1 cm³/mol. The zero-order valence-corrected chi connectivity index (χ0v) is 10.7. The highest BCUT2D eigenvalue weighted by molar-refractivity contribution is 6.30. The summed E-state index contributed by atoms with van der Waals surface area (Å²) in [7, 11) is 1.29. The number of hydrogen-bond donors (Lipinski definition) is 1. The van der Waals surface area contributed by atoms with Gasteiger partial charge in [-0.25, -0.2) is 4.39 Å². The topological polar surface area (TPSA) is 52.3 Å². The Morgan fingerprint density at radius 1 is 1.47 bits per heavy atom. The van der Waals surface area contributed by atoms with Crippen LogP contribution in [0.1, 0.15) is 25.5 Å². The summed E-state index contributed by atoms with van der Waals surface area (Å²) in [6.07, 6.45) is 0. The standard InChI is InChI=1S/C12H15ClFNO2/c1-12(2,11(16)17-3)10(15)7-4-8(13)6-9(14)5-7/h4-6,10H,15H2,1-3H3/t10-/m1/s1. The monoisotopic (exact) mass is 259 g/mol. The fraction of sp³-hybridized carbons (Fsp3) is 0.417. The minimum absolute atomic E-state index is 0.246. The Bertz CT molecular complexity index is 414. The van der Waals surface area contributed by atoms with Gasteiger partial charge in [0.1, 0.15) is 5.82 Å². The number of carbonyl (C=O) groups excluding carboxylic acids is 1. The molecule has 0 aliphatic heterocycles. The van der Waals surface area contributed by atoms with E-state index in [0.29, 0.717) is 5.56 Å². The molecular weight excluding hydrogens is 245 g/mol. The van der Waals surface area contributed by atoms with E-state index in [2.05, 4.69) is 4.74 Å². The van der Waals surface area contributed by atoms with Crippen molar-refractivity contribution >= 4 is 17.6 Å². The first-order chi connectivity index (χ1) is 7.78. The maximum absolute atomic E-state index is 13.2. The van der Waals surface area contributed by atoms with Crippen molar-refractivity contribution in [2.24, 2.45) is 11.1 Å².